The van der Waals surface area contributed by atoms with Crippen LogP contribution in [0.15, 0.2) is 41.6 Å². The first kappa shape index (κ1) is 17.3. The molecule has 0 atom stereocenters. The third kappa shape index (κ3) is 3.47. The van der Waals surface area contributed by atoms with Gasteiger partial charge in [-0.2, -0.15) is 10.1 Å². The Bertz CT molecular complexity index is 1050. The fourth-order valence-electron chi connectivity index (χ4n) is 2.20. The van der Waals surface area contributed by atoms with E-state index in [4.69, 9.17) is 11.6 Å². The molecular weight excluding hydrogens is 369 g/mol. The van der Waals surface area contributed by atoms with Crippen LogP contribution in [-0.2, 0) is 17.1 Å². The number of nitrogens with zero attached hydrogens (tertiary/aromatic N) is 4. The Morgan fingerprint density at radius 1 is 1.24 bits per heavy atom. The molecule has 2 aromatic heterocycles. The summed E-state index contributed by atoms with van der Waals surface area (Å²) >= 11 is 5.82. The topological polar surface area (TPSA) is 89.8 Å². The first-order valence-electron chi connectivity index (χ1n) is 7.08. The summed E-state index contributed by atoms with van der Waals surface area (Å²) in [6.07, 6.45) is 2.49. The van der Waals surface area contributed by atoms with Gasteiger partial charge in [-0.15, -0.1) is 0 Å². The summed E-state index contributed by atoms with van der Waals surface area (Å²) in [7, 11) is -2.39. The molecule has 0 radical (unpaired) electrons. The number of benzene rings is 1. The number of aromatic nitrogens is 4. The van der Waals surface area contributed by atoms with Gasteiger partial charge < -0.3 is 0 Å². The van der Waals surface area contributed by atoms with Crippen molar-refractivity contribution in [2.45, 2.75) is 11.8 Å². The highest BCUT2D eigenvalue weighted by atomic mass is 35.5. The van der Waals surface area contributed by atoms with Crippen LogP contribution in [0.2, 0.25) is 5.15 Å². The van der Waals surface area contributed by atoms with Gasteiger partial charge >= 0.3 is 0 Å². The fourth-order valence-corrected chi connectivity index (χ4v) is 3.30. The highest BCUT2D eigenvalue weighted by Gasteiger charge is 2.21. The molecular formula is C15H13ClFN5O2S. The van der Waals surface area contributed by atoms with E-state index in [1.54, 1.807) is 38.2 Å². The first-order chi connectivity index (χ1) is 11.8. The second-order valence-corrected chi connectivity index (χ2v) is 7.31. The lowest BCUT2D eigenvalue weighted by atomic mass is 10.1. The van der Waals surface area contributed by atoms with E-state index in [0.29, 0.717) is 5.56 Å². The third-order valence-corrected chi connectivity index (χ3v) is 4.96. The van der Waals surface area contributed by atoms with Gasteiger partial charge in [0.1, 0.15) is 10.6 Å². The molecule has 130 valence electrons. The SMILES string of the molecule is Cc1ccccc1-c1nc(NS(=O)(=O)c2cnn(C)c2)nc(Cl)c1F. The second-order valence-electron chi connectivity index (χ2n) is 5.27. The average molecular weight is 382 g/mol. The molecule has 25 heavy (non-hydrogen) atoms. The summed E-state index contributed by atoms with van der Waals surface area (Å²) in [5.74, 6) is -1.14. The van der Waals surface area contributed by atoms with Crippen molar-refractivity contribution in [1.82, 2.24) is 19.7 Å². The number of halogens is 2. The van der Waals surface area contributed by atoms with Crippen molar-refractivity contribution in [3.63, 3.8) is 0 Å². The molecule has 7 nitrogen and oxygen atoms in total. The van der Waals surface area contributed by atoms with Gasteiger partial charge in [0.15, 0.2) is 11.0 Å². The fraction of sp³-hybridized carbons (Fsp3) is 0.133. The van der Waals surface area contributed by atoms with E-state index in [1.807, 2.05) is 0 Å². The van der Waals surface area contributed by atoms with Gasteiger partial charge in [0.25, 0.3) is 10.0 Å². The predicted molar refractivity (Wildman–Crippen MR) is 91.2 cm³/mol. The molecule has 3 aromatic rings. The van der Waals surface area contributed by atoms with Gasteiger partial charge in [-0.3, -0.25) is 4.68 Å². The van der Waals surface area contributed by atoms with Crippen molar-refractivity contribution in [1.29, 1.82) is 0 Å². The highest BCUT2D eigenvalue weighted by Crippen LogP contribution is 2.29. The Morgan fingerprint density at radius 2 is 1.96 bits per heavy atom. The van der Waals surface area contributed by atoms with E-state index < -0.39 is 21.0 Å². The van der Waals surface area contributed by atoms with Gasteiger partial charge in [-0.25, -0.2) is 22.5 Å². The minimum Gasteiger partial charge on any atom is -0.274 e. The summed E-state index contributed by atoms with van der Waals surface area (Å²) in [6.45, 7) is 1.78. The number of sulfonamides is 1. The van der Waals surface area contributed by atoms with Gasteiger partial charge in [0.05, 0.1) is 6.20 Å². The van der Waals surface area contributed by atoms with Crippen LogP contribution in [0.1, 0.15) is 5.56 Å². The first-order valence-corrected chi connectivity index (χ1v) is 8.94. The molecule has 0 aliphatic rings. The number of anilines is 1. The lowest BCUT2D eigenvalue weighted by Crippen LogP contribution is -2.15. The summed E-state index contributed by atoms with van der Waals surface area (Å²) in [5.41, 5.74) is 1.17. The summed E-state index contributed by atoms with van der Waals surface area (Å²) in [6, 6.07) is 6.96. The number of nitrogens with one attached hydrogen (secondary N) is 1. The summed E-state index contributed by atoms with van der Waals surface area (Å²) in [5, 5.41) is 3.33. The molecule has 1 N–H and O–H groups in total. The number of rotatable bonds is 4. The van der Waals surface area contributed by atoms with Crippen LogP contribution in [0.4, 0.5) is 10.3 Å². The van der Waals surface area contributed by atoms with Crippen LogP contribution < -0.4 is 4.72 Å². The molecule has 0 amide bonds. The third-order valence-electron chi connectivity index (χ3n) is 3.43. The van der Waals surface area contributed by atoms with E-state index >= 15 is 0 Å². The van der Waals surface area contributed by atoms with Crippen LogP contribution in [0.5, 0.6) is 0 Å². The van der Waals surface area contributed by atoms with Gasteiger partial charge in [-0.1, -0.05) is 35.9 Å². The van der Waals surface area contributed by atoms with Gasteiger partial charge in [-0.05, 0) is 12.5 Å². The maximum Gasteiger partial charge on any atom is 0.267 e. The number of hydrogen-bond donors (Lipinski definition) is 1. The molecule has 0 fully saturated rings. The standard InChI is InChI=1S/C15H13ClFN5O2S/c1-9-5-3-4-6-11(9)13-12(17)14(16)20-15(19-13)21-25(23,24)10-7-18-22(2)8-10/h3-8H,1-2H3,(H,19,20,21). The van der Waals surface area contributed by atoms with Crippen LogP contribution in [0.25, 0.3) is 11.3 Å². The van der Waals surface area contributed by atoms with Crippen molar-refractivity contribution >= 4 is 27.6 Å². The number of aryl methyl sites for hydroxylation is 2. The van der Waals surface area contributed by atoms with E-state index in [1.165, 1.54) is 17.1 Å². The zero-order chi connectivity index (χ0) is 18.2. The zero-order valence-electron chi connectivity index (χ0n) is 13.2. The maximum atomic E-state index is 14.4. The van der Waals surface area contributed by atoms with E-state index in [9.17, 15) is 12.8 Å². The monoisotopic (exact) mass is 381 g/mol. The van der Waals surface area contributed by atoms with Crippen molar-refractivity contribution in [2.24, 2.45) is 7.05 Å². The van der Waals surface area contributed by atoms with Crippen molar-refractivity contribution in [3.05, 3.63) is 53.2 Å². The molecule has 0 saturated heterocycles. The highest BCUT2D eigenvalue weighted by molar-refractivity contribution is 7.92. The quantitative estimate of drug-likeness (QED) is 0.702. The van der Waals surface area contributed by atoms with Crippen LogP contribution in [0.3, 0.4) is 0 Å². The molecule has 2 heterocycles. The molecule has 0 bridgehead atoms. The van der Waals surface area contributed by atoms with Crippen LogP contribution >= 0.6 is 11.6 Å². The Labute approximate surface area is 148 Å². The molecule has 0 aliphatic heterocycles. The lowest BCUT2D eigenvalue weighted by molar-refractivity contribution is 0.599. The molecule has 10 heteroatoms. The molecule has 1 aromatic carbocycles. The van der Waals surface area contributed by atoms with E-state index in [2.05, 4.69) is 19.8 Å². The van der Waals surface area contributed by atoms with Gasteiger partial charge in [0, 0.05) is 18.8 Å². The van der Waals surface area contributed by atoms with Crippen LogP contribution in [-0.4, -0.2) is 28.2 Å². The normalized spacial score (nSPS) is 11.5. The molecule has 3 rings (SSSR count). The minimum absolute atomic E-state index is 0.0727. The number of hydrogen-bond acceptors (Lipinski definition) is 5. The largest absolute Gasteiger partial charge is 0.274 e. The van der Waals surface area contributed by atoms with E-state index in [-0.39, 0.29) is 16.5 Å². The molecule has 0 spiro atoms. The maximum absolute atomic E-state index is 14.4. The van der Waals surface area contributed by atoms with Crippen molar-refractivity contribution in [2.75, 3.05) is 4.72 Å². The summed E-state index contributed by atoms with van der Waals surface area (Å²) < 4.78 is 42.6. The Kier molecular flexibility index (Phi) is 4.44. The molecule has 0 saturated carbocycles. The second kappa shape index (κ2) is 6.41. The predicted octanol–water partition coefficient (Wildman–Crippen LogP) is 2.78. The Morgan fingerprint density at radius 3 is 2.60 bits per heavy atom. The zero-order valence-corrected chi connectivity index (χ0v) is 14.8. The molecule has 0 aliphatic carbocycles. The minimum atomic E-state index is -3.97. The van der Waals surface area contributed by atoms with E-state index in [0.717, 1.165) is 5.56 Å². The van der Waals surface area contributed by atoms with Gasteiger partial charge in [0.2, 0.25) is 5.95 Å². The van der Waals surface area contributed by atoms with Crippen molar-refractivity contribution < 1.29 is 12.8 Å². The summed E-state index contributed by atoms with van der Waals surface area (Å²) in [4.78, 5) is 7.59. The smallest absolute Gasteiger partial charge is 0.267 e. The Hall–Kier alpha value is -2.52. The lowest BCUT2D eigenvalue weighted by Gasteiger charge is -2.10. The Balaban J connectivity index is 2.06. The van der Waals surface area contributed by atoms with Crippen molar-refractivity contribution in [3.8, 4) is 11.3 Å². The average Bonchev–Trinajstić information content (AvgIpc) is 2.99. The molecule has 0 unspecified atom stereocenters. The van der Waals surface area contributed by atoms with Crippen LogP contribution in [0, 0.1) is 12.7 Å².